The van der Waals surface area contributed by atoms with Gasteiger partial charge in [0.05, 0.1) is 5.39 Å². The predicted molar refractivity (Wildman–Crippen MR) is 96.5 cm³/mol. The number of fused-ring (bicyclic) bond motifs is 1. The molecule has 0 atom stereocenters. The van der Waals surface area contributed by atoms with Gasteiger partial charge in [-0.1, -0.05) is 18.2 Å². The Kier molecular flexibility index (Phi) is 3.81. The Morgan fingerprint density at radius 3 is 2.44 bits per heavy atom. The van der Waals surface area contributed by atoms with Crippen LogP contribution < -0.4 is 5.32 Å². The van der Waals surface area contributed by atoms with Crippen molar-refractivity contribution < 1.29 is 0 Å². The molecule has 1 aromatic carbocycles. The van der Waals surface area contributed by atoms with Gasteiger partial charge in [0.25, 0.3) is 0 Å². The molecular weight excluding hydrogens is 314 g/mol. The number of aromatic nitrogens is 6. The number of hydrogen-bond donors (Lipinski definition) is 1. The second-order valence-electron chi connectivity index (χ2n) is 5.93. The number of nitrogens with one attached hydrogen (secondary N) is 1. The van der Waals surface area contributed by atoms with Gasteiger partial charge in [0.1, 0.15) is 24.2 Å². The van der Waals surface area contributed by atoms with Crippen LogP contribution in [0.5, 0.6) is 0 Å². The SMILES string of the molecule is CC(C)n1nc(-c2cncnc2)c2c(Nc3ccccc3)ncnc21. The van der Waals surface area contributed by atoms with Crippen LogP contribution in [0.4, 0.5) is 11.5 Å². The Morgan fingerprint density at radius 1 is 0.960 bits per heavy atom. The summed E-state index contributed by atoms with van der Waals surface area (Å²) in [6.07, 6.45) is 6.56. The molecule has 0 aliphatic carbocycles. The molecular formula is C18H17N7. The largest absolute Gasteiger partial charge is 0.339 e. The Balaban J connectivity index is 1.95. The lowest BCUT2D eigenvalue weighted by Crippen LogP contribution is -2.04. The molecule has 4 aromatic rings. The number of rotatable bonds is 4. The molecule has 0 radical (unpaired) electrons. The third-order valence-electron chi connectivity index (χ3n) is 3.85. The molecule has 0 aliphatic heterocycles. The van der Waals surface area contributed by atoms with E-state index in [-0.39, 0.29) is 6.04 Å². The number of benzene rings is 1. The zero-order chi connectivity index (χ0) is 17.2. The standard InChI is InChI=1S/C18H17N7/c1-12(2)25-18-15(16(24-25)13-8-19-10-20-9-13)17(21-11-22-18)23-14-6-4-3-5-7-14/h3-12H,1-2H3,(H,21,22,23). The topological polar surface area (TPSA) is 81.4 Å². The van der Waals surface area contributed by atoms with Crippen LogP contribution in [0.2, 0.25) is 0 Å². The fourth-order valence-electron chi connectivity index (χ4n) is 2.71. The summed E-state index contributed by atoms with van der Waals surface area (Å²) in [4.78, 5) is 17.1. The summed E-state index contributed by atoms with van der Waals surface area (Å²) < 4.78 is 1.90. The molecule has 7 nitrogen and oxygen atoms in total. The minimum Gasteiger partial charge on any atom is -0.339 e. The minimum absolute atomic E-state index is 0.167. The van der Waals surface area contributed by atoms with Crippen molar-refractivity contribution >= 4 is 22.5 Å². The van der Waals surface area contributed by atoms with Crippen molar-refractivity contribution in [3.63, 3.8) is 0 Å². The average molecular weight is 331 g/mol. The third-order valence-corrected chi connectivity index (χ3v) is 3.85. The van der Waals surface area contributed by atoms with E-state index in [9.17, 15) is 0 Å². The highest BCUT2D eigenvalue weighted by Gasteiger charge is 2.19. The van der Waals surface area contributed by atoms with Crippen LogP contribution in [-0.4, -0.2) is 29.7 Å². The summed E-state index contributed by atoms with van der Waals surface area (Å²) in [6, 6.07) is 10.1. The van der Waals surface area contributed by atoms with Gasteiger partial charge in [-0.25, -0.2) is 24.6 Å². The fraction of sp³-hybridized carbons (Fsp3) is 0.167. The maximum atomic E-state index is 4.76. The maximum Gasteiger partial charge on any atom is 0.164 e. The van der Waals surface area contributed by atoms with Crippen molar-refractivity contribution in [3.8, 4) is 11.3 Å². The lowest BCUT2D eigenvalue weighted by molar-refractivity contribution is 0.548. The molecule has 3 heterocycles. The van der Waals surface area contributed by atoms with E-state index < -0.39 is 0 Å². The summed E-state index contributed by atoms with van der Waals surface area (Å²) in [5.74, 6) is 0.710. The monoisotopic (exact) mass is 331 g/mol. The number of hydrogen-bond acceptors (Lipinski definition) is 6. The zero-order valence-electron chi connectivity index (χ0n) is 14.0. The van der Waals surface area contributed by atoms with E-state index in [2.05, 4.69) is 39.1 Å². The van der Waals surface area contributed by atoms with Gasteiger partial charge in [0.15, 0.2) is 5.65 Å². The van der Waals surface area contributed by atoms with Crippen molar-refractivity contribution in [2.24, 2.45) is 0 Å². The quantitative estimate of drug-likeness (QED) is 0.615. The van der Waals surface area contributed by atoms with Crippen molar-refractivity contribution in [2.45, 2.75) is 19.9 Å². The van der Waals surface area contributed by atoms with Gasteiger partial charge in [-0.15, -0.1) is 0 Å². The van der Waals surface area contributed by atoms with E-state index in [0.717, 1.165) is 28.0 Å². The second kappa shape index (κ2) is 6.27. The Labute approximate surface area is 144 Å². The molecule has 0 fully saturated rings. The first kappa shape index (κ1) is 15.2. The summed E-state index contributed by atoms with van der Waals surface area (Å²) in [6.45, 7) is 4.15. The fourth-order valence-corrected chi connectivity index (χ4v) is 2.71. The van der Waals surface area contributed by atoms with E-state index in [0.29, 0.717) is 5.82 Å². The second-order valence-corrected chi connectivity index (χ2v) is 5.93. The van der Waals surface area contributed by atoms with Gasteiger partial charge >= 0.3 is 0 Å². The van der Waals surface area contributed by atoms with E-state index in [1.165, 1.54) is 6.33 Å². The zero-order valence-corrected chi connectivity index (χ0v) is 14.0. The van der Waals surface area contributed by atoms with E-state index in [1.54, 1.807) is 18.7 Å². The van der Waals surface area contributed by atoms with Crippen LogP contribution >= 0.6 is 0 Å². The van der Waals surface area contributed by atoms with Crippen LogP contribution in [-0.2, 0) is 0 Å². The van der Waals surface area contributed by atoms with Crippen molar-refractivity contribution in [3.05, 3.63) is 55.4 Å². The number of para-hydroxylation sites is 1. The summed E-state index contributed by atoms with van der Waals surface area (Å²) in [5, 5.41) is 8.98. The molecule has 0 amide bonds. The van der Waals surface area contributed by atoms with Crippen molar-refractivity contribution in [2.75, 3.05) is 5.32 Å². The molecule has 0 unspecified atom stereocenters. The molecule has 7 heteroatoms. The first-order chi connectivity index (χ1) is 12.2. The van der Waals surface area contributed by atoms with E-state index >= 15 is 0 Å². The third kappa shape index (κ3) is 2.80. The van der Waals surface area contributed by atoms with Gasteiger partial charge in [-0.2, -0.15) is 5.10 Å². The molecule has 1 N–H and O–H groups in total. The van der Waals surface area contributed by atoms with Crippen molar-refractivity contribution in [1.29, 1.82) is 0 Å². The first-order valence-corrected chi connectivity index (χ1v) is 8.04. The number of anilines is 2. The van der Waals surface area contributed by atoms with Gasteiger partial charge in [0, 0.05) is 29.7 Å². The van der Waals surface area contributed by atoms with Gasteiger partial charge in [0.2, 0.25) is 0 Å². The van der Waals surface area contributed by atoms with E-state index in [1.807, 2.05) is 35.0 Å². The molecule has 0 bridgehead atoms. The molecule has 124 valence electrons. The van der Waals surface area contributed by atoms with Gasteiger partial charge in [-0.3, -0.25) is 0 Å². The van der Waals surface area contributed by atoms with Crippen LogP contribution in [0.1, 0.15) is 19.9 Å². The summed E-state index contributed by atoms with van der Waals surface area (Å²) in [5.41, 5.74) is 3.33. The normalized spacial score (nSPS) is 11.2. The molecule has 0 spiro atoms. The highest BCUT2D eigenvalue weighted by molar-refractivity contribution is 5.99. The van der Waals surface area contributed by atoms with Crippen LogP contribution in [0.3, 0.4) is 0 Å². The molecule has 0 saturated heterocycles. The molecule has 25 heavy (non-hydrogen) atoms. The van der Waals surface area contributed by atoms with Gasteiger partial charge in [-0.05, 0) is 26.0 Å². The molecule has 0 aliphatic rings. The smallest absolute Gasteiger partial charge is 0.164 e. The minimum atomic E-state index is 0.167. The predicted octanol–water partition coefficient (Wildman–Crippen LogP) is 3.61. The highest BCUT2D eigenvalue weighted by Crippen LogP contribution is 2.33. The Hall–Kier alpha value is -3.35. The molecule has 3 aromatic heterocycles. The Morgan fingerprint density at radius 2 is 1.72 bits per heavy atom. The molecule has 4 rings (SSSR count). The summed E-state index contributed by atoms with van der Waals surface area (Å²) in [7, 11) is 0. The number of nitrogens with zero attached hydrogens (tertiary/aromatic N) is 6. The van der Waals surface area contributed by atoms with Gasteiger partial charge < -0.3 is 5.32 Å². The first-order valence-electron chi connectivity index (χ1n) is 8.04. The Bertz CT molecular complexity index is 994. The lowest BCUT2D eigenvalue weighted by atomic mass is 10.2. The maximum absolute atomic E-state index is 4.76. The van der Waals surface area contributed by atoms with E-state index in [4.69, 9.17) is 5.10 Å². The average Bonchev–Trinajstić information content (AvgIpc) is 3.04. The lowest BCUT2D eigenvalue weighted by Gasteiger charge is -2.08. The van der Waals surface area contributed by atoms with Crippen LogP contribution in [0.15, 0.2) is 55.4 Å². The van der Waals surface area contributed by atoms with Crippen LogP contribution in [0, 0.1) is 0 Å². The summed E-state index contributed by atoms with van der Waals surface area (Å²) >= 11 is 0. The van der Waals surface area contributed by atoms with Crippen LogP contribution in [0.25, 0.3) is 22.3 Å². The van der Waals surface area contributed by atoms with Crippen molar-refractivity contribution in [1.82, 2.24) is 29.7 Å². The highest BCUT2D eigenvalue weighted by atomic mass is 15.3. The molecule has 0 saturated carbocycles.